The molecule has 0 unspecified atom stereocenters. The van der Waals surface area contributed by atoms with Crippen LogP contribution in [0.4, 0.5) is 11.4 Å². The Morgan fingerprint density at radius 1 is 0.578 bits per heavy atom. The number of esters is 2. The number of ether oxygens (including phenoxy) is 2. The van der Waals surface area contributed by atoms with Crippen molar-refractivity contribution in [3.63, 3.8) is 0 Å². The fraction of sp³-hybridized carbons (Fsp3) is 0.400. The topological polar surface area (TPSA) is 152 Å². The van der Waals surface area contributed by atoms with Crippen molar-refractivity contribution in [2.75, 3.05) is 63.0 Å². The zero-order valence-electron chi connectivity index (χ0n) is 38.0. The molecule has 0 amide bonds. The molecule has 336 valence electrons. The first kappa shape index (κ1) is 45.6. The first-order valence-corrected chi connectivity index (χ1v) is 22.9. The third-order valence-corrected chi connectivity index (χ3v) is 12.0. The minimum absolute atomic E-state index is 0.0854. The number of nitrogens with zero attached hydrogens (tertiary/aromatic N) is 6. The summed E-state index contributed by atoms with van der Waals surface area (Å²) in [5, 5.41) is 9.14. The lowest BCUT2D eigenvalue weighted by molar-refractivity contribution is -0.135. The molecule has 0 aliphatic carbocycles. The quantitative estimate of drug-likeness (QED) is 0.0327. The maximum absolute atomic E-state index is 13.6. The first-order valence-electron chi connectivity index (χ1n) is 22.9. The van der Waals surface area contributed by atoms with Crippen LogP contribution >= 0.6 is 0 Å². The van der Waals surface area contributed by atoms with Gasteiger partial charge in [0.1, 0.15) is 24.2 Å². The number of imidazole rings is 2. The number of hydrogen-bond acceptors (Lipinski definition) is 12. The highest BCUT2D eigenvalue weighted by atomic mass is 16.5. The van der Waals surface area contributed by atoms with E-state index in [0.29, 0.717) is 52.3 Å². The van der Waals surface area contributed by atoms with Crippen molar-refractivity contribution in [1.29, 1.82) is 0 Å². The van der Waals surface area contributed by atoms with Crippen LogP contribution in [0, 0.1) is 0 Å². The summed E-state index contributed by atoms with van der Waals surface area (Å²) in [5.41, 5.74) is 6.10. The van der Waals surface area contributed by atoms with Gasteiger partial charge in [-0.05, 0) is 99.7 Å². The van der Waals surface area contributed by atoms with Crippen LogP contribution in [-0.4, -0.2) is 92.9 Å². The molecule has 14 heteroatoms. The number of pyridine rings is 2. The summed E-state index contributed by atoms with van der Waals surface area (Å²) in [5.74, 6) is 0.221. The monoisotopic (exact) mass is 868 g/mol. The number of benzene rings is 4. The van der Waals surface area contributed by atoms with E-state index in [-0.39, 0.29) is 22.8 Å². The zero-order chi connectivity index (χ0) is 45.3. The number of anilines is 2. The largest absolute Gasteiger partial charge is 0.427 e. The number of likely N-dealkylation sites (N-methyl/N-ethyl adjacent to an activating group) is 2. The lowest BCUT2D eigenvalue weighted by Gasteiger charge is -2.19. The van der Waals surface area contributed by atoms with Crippen LogP contribution in [0.2, 0.25) is 0 Å². The number of aromatic nitrogens is 4. The molecule has 0 radical (unpaired) electrons. The standard InChI is InChI=1S/C26H32N4O3.C24H28N4O3/c1-4-7-8-9-23(31)33-18-10-13-22-19(16-18)26(32)24-20(27-14-15-29(5-2)6-3)11-12-21-25(24)30(22)17-28-21;1-4-7-21(29)31-16-8-11-20-17(14-16)24(30)22-18(25-12-13-27(5-2)6-3)9-10-19-23(22)28(20)15-26-19/h10-13,16-17,27H,4-9,14-15H2,1-3H3;8-11,14-15,25H,4-7,12-13H2,1-3H3. The van der Waals surface area contributed by atoms with Crippen molar-refractivity contribution in [3.8, 4) is 11.5 Å². The molecule has 8 aromatic rings. The Hall–Kier alpha value is -6.38. The molecule has 8 rings (SSSR count). The van der Waals surface area contributed by atoms with Gasteiger partial charge in [0.15, 0.2) is 10.9 Å². The predicted octanol–water partition coefficient (Wildman–Crippen LogP) is 8.58. The van der Waals surface area contributed by atoms with Crippen molar-refractivity contribution in [2.45, 2.75) is 80.1 Å². The number of unbranched alkanes of at least 4 members (excludes halogenated alkanes) is 2. The molecular formula is C50H60N8O6. The lowest BCUT2D eigenvalue weighted by Crippen LogP contribution is -2.28. The third-order valence-electron chi connectivity index (χ3n) is 12.0. The van der Waals surface area contributed by atoms with Gasteiger partial charge >= 0.3 is 11.9 Å². The van der Waals surface area contributed by atoms with Crippen molar-refractivity contribution in [2.24, 2.45) is 0 Å². The highest BCUT2D eigenvalue weighted by Gasteiger charge is 2.20. The molecule has 0 aliphatic heterocycles. The highest BCUT2D eigenvalue weighted by Crippen LogP contribution is 2.32. The maximum atomic E-state index is 13.6. The Kier molecular flexibility index (Phi) is 14.9. The third kappa shape index (κ3) is 9.58. The minimum Gasteiger partial charge on any atom is -0.427 e. The van der Waals surface area contributed by atoms with Crippen LogP contribution in [0.5, 0.6) is 11.5 Å². The van der Waals surface area contributed by atoms with E-state index in [4.69, 9.17) is 9.47 Å². The van der Waals surface area contributed by atoms with Gasteiger partial charge in [-0.1, -0.05) is 54.4 Å². The van der Waals surface area contributed by atoms with E-state index >= 15 is 0 Å². The highest BCUT2D eigenvalue weighted by molar-refractivity contribution is 6.08. The van der Waals surface area contributed by atoms with Crippen LogP contribution in [0.3, 0.4) is 0 Å². The van der Waals surface area contributed by atoms with Crippen LogP contribution in [0.15, 0.2) is 82.9 Å². The first-order chi connectivity index (χ1) is 31.1. The van der Waals surface area contributed by atoms with Gasteiger partial charge in [0.05, 0.1) is 54.6 Å². The van der Waals surface area contributed by atoms with Gasteiger partial charge in [0.2, 0.25) is 0 Å². The number of rotatable bonds is 20. The number of carbonyl (C=O) groups excluding carboxylic acids is 2. The minimum atomic E-state index is -0.296. The molecule has 14 nitrogen and oxygen atoms in total. The number of carbonyl (C=O) groups is 2. The fourth-order valence-corrected chi connectivity index (χ4v) is 8.41. The normalized spacial score (nSPS) is 11.8. The lowest BCUT2D eigenvalue weighted by atomic mass is 10.1. The summed E-state index contributed by atoms with van der Waals surface area (Å²) < 4.78 is 14.8. The second kappa shape index (κ2) is 20.9. The van der Waals surface area contributed by atoms with Gasteiger partial charge in [-0.25, -0.2) is 9.97 Å². The Labute approximate surface area is 372 Å². The second-order valence-electron chi connectivity index (χ2n) is 16.0. The molecule has 0 bridgehead atoms. The molecule has 0 aliphatic rings. The summed E-state index contributed by atoms with van der Waals surface area (Å²) in [4.78, 5) is 64.9. The van der Waals surface area contributed by atoms with Crippen molar-refractivity contribution in [1.82, 2.24) is 28.6 Å². The van der Waals surface area contributed by atoms with Gasteiger partial charge in [0, 0.05) is 50.4 Å². The summed E-state index contributed by atoms with van der Waals surface area (Å²) in [6, 6.07) is 18.2. The average Bonchev–Trinajstić information content (AvgIpc) is 3.94. The molecule has 4 aromatic heterocycles. The maximum Gasteiger partial charge on any atom is 0.311 e. The van der Waals surface area contributed by atoms with Gasteiger partial charge in [-0.3, -0.25) is 28.0 Å². The molecule has 2 N–H and O–H groups in total. The average molecular weight is 869 g/mol. The van der Waals surface area contributed by atoms with E-state index in [1.165, 1.54) is 0 Å². The molecule has 64 heavy (non-hydrogen) atoms. The van der Waals surface area contributed by atoms with E-state index < -0.39 is 0 Å². The fourth-order valence-electron chi connectivity index (χ4n) is 8.41. The Bertz CT molecular complexity index is 2990. The van der Waals surface area contributed by atoms with Crippen molar-refractivity contribution in [3.05, 3.63) is 93.8 Å². The molecule has 0 spiro atoms. The SMILES string of the molecule is CCCC(=O)Oc1ccc2c(c1)c(=O)c1c(NCCN(CC)CC)ccc3ncn2c31.CCCCCC(=O)Oc1ccc2c(c1)c(=O)c1c(NCCN(CC)CC)ccc3ncn2c31. The molecule has 0 atom stereocenters. The molecule has 4 heterocycles. The summed E-state index contributed by atoms with van der Waals surface area (Å²) in [6.07, 6.45) is 7.77. The molecular weight excluding hydrogens is 809 g/mol. The van der Waals surface area contributed by atoms with Crippen LogP contribution in [0.1, 0.15) is 80.1 Å². The summed E-state index contributed by atoms with van der Waals surface area (Å²) in [7, 11) is 0. The number of nitrogens with one attached hydrogen (secondary N) is 2. The number of hydrogen-bond donors (Lipinski definition) is 2. The molecule has 0 fully saturated rings. The Balaban J connectivity index is 0.000000192. The van der Waals surface area contributed by atoms with Crippen molar-refractivity contribution < 1.29 is 19.1 Å². The zero-order valence-corrected chi connectivity index (χ0v) is 38.0. The Morgan fingerprint density at radius 2 is 1.03 bits per heavy atom. The predicted molar refractivity (Wildman–Crippen MR) is 258 cm³/mol. The second-order valence-corrected chi connectivity index (χ2v) is 16.0. The van der Waals surface area contributed by atoms with E-state index in [1.807, 2.05) is 52.1 Å². The van der Waals surface area contributed by atoms with Crippen LogP contribution in [-0.2, 0) is 9.59 Å². The van der Waals surface area contributed by atoms with E-state index in [0.717, 1.165) is 116 Å². The van der Waals surface area contributed by atoms with E-state index in [2.05, 4.69) is 65.0 Å². The molecule has 0 saturated heterocycles. The van der Waals surface area contributed by atoms with Crippen LogP contribution in [0.25, 0.3) is 54.6 Å². The molecule has 4 aromatic carbocycles. The summed E-state index contributed by atoms with van der Waals surface area (Å²) in [6.45, 7) is 19.8. The summed E-state index contributed by atoms with van der Waals surface area (Å²) >= 11 is 0. The van der Waals surface area contributed by atoms with Crippen molar-refractivity contribution >= 4 is 78.0 Å². The van der Waals surface area contributed by atoms with Gasteiger partial charge < -0.3 is 29.9 Å². The van der Waals surface area contributed by atoms with Gasteiger partial charge in [-0.15, -0.1) is 0 Å². The molecule has 0 saturated carbocycles. The number of fused-ring (bicyclic) bond motifs is 4. The van der Waals surface area contributed by atoms with Gasteiger partial charge in [0.25, 0.3) is 0 Å². The van der Waals surface area contributed by atoms with E-state index in [9.17, 15) is 19.2 Å². The Morgan fingerprint density at radius 3 is 1.45 bits per heavy atom. The van der Waals surface area contributed by atoms with Crippen LogP contribution < -0.4 is 31.0 Å². The van der Waals surface area contributed by atoms with Gasteiger partial charge in [-0.2, -0.15) is 0 Å². The smallest absolute Gasteiger partial charge is 0.311 e. The van der Waals surface area contributed by atoms with E-state index in [1.54, 1.807) is 36.9 Å².